The van der Waals surface area contributed by atoms with E-state index in [9.17, 15) is 9.59 Å². The van der Waals surface area contributed by atoms with Crippen LogP contribution in [-0.2, 0) is 9.59 Å². The maximum absolute atomic E-state index is 11.0. The van der Waals surface area contributed by atoms with E-state index in [4.69, 9.17) is 16.7 Å². The van der Waals surface area contributed by atoms with Gasteiger partial charge < -0.3 is 10.4 Å². The van der Waals surface area contributed by atoms with Crippen molar-refractivity contribution in [3.63, 3.8) is 0 Å². The monoisotopic (exact) mass is 241 g/mol. The highest BCUT2D eigenvalue weighted by Gasteiger charge is 2.18. The summed E-state index contributed by atoms with van der Waals surface area (Å²) >= 11 is 5.94. The van der Waals surface area contributed by atoms with E-state index in [1.54, 1.807) is 24.3 Å². The van der Waals surface area contributed by atoms with Crippen LogP contribution in [0.4, 0.5) is 0 Å². The summed E-state index contributed by atoms with van der Waals surface area (Å²) in [5.41, 5.74) is 0.613. The van der Waals surface area contributed by atoms with Gasteiger partial charge in [-0.2, -0.15) is 0 Å². The average Bonchev–Trinajstić information content (AvgIpc) is 2.15. The molecule has 0 radical (unpaired) electrons. The van der Waals surface area contributed by atoms with Crippen LogP contribution in [0.25, 0.3) is 0 Å². The number of carbonyl (C=O) groups is 2. The van der Waals surface area contributed by atoms with Gasteiger partial charge in [0.05, 0.1) is 12.5 Å². The molecule has 1 rings (SSSR count). The molecule has 0 unspecified atom stereocenters. The molecule has 0 saturated carbocycles. The fourth-order valence-electron chi connectivity index (χ4n) is 1.42. The van der Waals surface area contributed by atoms with E-state index in [1.807, 2.05) is 0 Å². The number of carbonyl (C=O) groups excluding carboxylic acids is 1. The first-order chi connectivity index (χ1) is 7.50. The smallest absolute Gasteiger partial charge is 0.305 e. The Labute approximate surface area is 98.2 Å². The molecule has 2 N–H and O–H groups in total. The van der Waals surface area contributed by atoms with E-state index in [-0.39, 0.29) is 12.3 Å². The zero-order chi connectivity index (χ0) is 12.1. The van der Waals surface area contributed by atoms with E-state index in [1.165, 1.54) is 6.92 Å². The first kappa shape index (κ1) is 12.5. The molecule has 0 fully saturated rings. The van der Waals surface area contributed by atoms with Crippen molar-refractivity contribution in [1.82, 2.24) is 5.32 Å². The number of halogens is 1. The molecular weight excluding hydrogens is 230 g/mol. The van der Waals surface area contributed by atoms with Crippen molar-refractivity contribution in [1.29, 1.82) is 0 Å². The quantitative estimate of drug-likeness (QED) is 0.847. The molecule has 0 aliphatic heterocycles. The molecule has 0 bridgehead atoms. The van der Waals surface area contributed by atoms with Gasteiger partial charge in [0.2, 0.25) is 5.91 Å². The summed E-state index contributed by atoms with van der Waals surface area (Å²) in [4.78, 5) is 21.7. The zero-order valence-corrected chi connectivity index (χ0v) is 9.49. The Hall–Kier alpha value is -1.55. The van der Waals surface area contributed by atoms with Gasteiger partial charge in [-0.25, -0.2) is 0 Å². The molecule has 0 spiro atoms. The lowest BCUT2D eigenvalue weighted by Crippen LogP contribution is -2.28. The Bertz CT molecular complexity index is 390. The van der Waals surface area contributed by atoms with E-state index in [0.717, 1.165) is 0 Å². The summed E-state index contributed by atoms with van der Waals surface area (Å²) < 4.78 is 0. The molecule has 1 atom stereocenters. The van der Waals surface area contributed by atoms with Crippen LogP contribution in [0.1, 0.15) is 24.9 Å². The Morgan fingerprint density at radius 3 is 2.56 bits per heavy atom. The molecule has 1 aromatic rings. The molecule has 1 aromatic carbocycles. The number of rotatable bonds is 4. The highest BCUT2D eigenvalue weighted by atomic mass is 35.5. The predicted octanol–water partition coefficient (Wildman–Crippen LogP) is 1.99. The van der Waals surface area contributed by atoms with Crippen molar-refractivity contribution in [3.8, 4) is 0 Å². The maximum Gasteiger partial charge on any atom is 0.305 e. The second-order valence-corrected chi connectivity index (χ2v) is 3.78. The first-order valence-electron chi connectivity index (χ1n) is 4.74. The van der Waals surface area contributed by atoms with Crippen LogP contribution < -0.4 is 5.32 Å². The van der Waals surface area contributed by atoms with Gasteiger partial charge >= 0.3 is 5.97 Å². The van der Waals surface area contributed by atoms with Crippen molar-refractivity contribution in [2.75, 3.05) is 0 Å². The van der Waals surface area contributed by atoms with Crippen LogP contribution in [0.15, 0.2) is 24.3 Å². The van der Waals surface area contributed by atoms with E-state index in [0.29, 0.717) is 10.6 Å². The van der Waals surface area contributed by atoms with Crippen molar-refractivity contribution in [3.05, 3.63) is 34.9 Å². The van der Waals surface area contributed by atoms with Crippen LogP contribution in [0.2, 0.25) is 5.02 Å². The largest absolute Gasteiger partial charge is 0.481 e. The van der Waals surface area contributed by atoms with Crippen molar-refractivity contribution in [2.24, 2.45) is 0 Å². The minimum Gasteiger partial charge on any atom is -0.481 e. The number of nitrogens with one attached hydrogen (secondary N) is 1. The molecule has 4 nitrogen and oxygen atoms in total. The molecule has 0 aliphatic carbocycles. The molecule has 0 saturated heterocycles. The van der Waals surface area contributed by atoms with Gasteiger partial charge in [-0.05, 0) is 11.6 Å². The average molecular weight is 242 g/mol. The highest BCUT2D eigenvalue weighted by Crippen LogP contribution is 2.24. The fourth-order valence-corrected chi connectivity index (χ4v) is 1.68. The number of aliphatic carboxylic acids is 1. The van der Waals surface area contributed by atoms with Gasteiger partial charge in [0, 0.05) is 11.9 Å². The second kappa shape index (κ2) is 5.51. The van der Waals surface area contributed by atoms with Gasteiger partial charge in [0.1, 0.15) is 0 Å². The van der Waals surface area contributed by atoms with Crippen molar-refractivity contribution in [2.45, 2.75) is 19.4 Å². The van der Waals surface area contributed by atoms with Gasteiger partial charge in [-0.1, -0.05) is 29.8 Å². The third-order valence-corrected chi connectivity index (χ3v) is 2.38. The number of carboxylic acids is 1. The molecule has 0 aromatic heterocycles. The van der Waals surface area contributed by atoms with Crippen molar-refractivity contribution >= 4 is 23.5 Å². The molecule has 1 amide bonds. The van der Waals surface area contributed by atoms with Crippen molar-refractivity contribution < 1.29 is 14.7 Å². The predicted molar refractivity (Wildman–Crippen MR) is 60.3 cm³/mol. The molecule has 86 valence electrons. The Morgan fingerprint density at radius 2 is 2.06 bits per heavy atom. The van der Waals surface area contributed by atoms with Crippen LogP contribution in [-0.4, -0.2) is 17.0 Å². The van der Waals surface area contributed by atoms with Gasteiger partial charge in [-0.3, -0.25) is 9.59 Å². The lowest BCUT2D eigenvalue weighted by molar-refractivity contribution is -0.137. The van der Waals surface area contributed by atoms with E-state index < -0.39 is 12.0 Å². The second-order valence-electron chi connectivity index (χ2n) is 3.37. The van der Waals surface area contributed by atoms with Crippen LogP contribution >= 0.6 is 11.6 Å². The molecule has 5 heteroatoms. The van der Waals surface area contributed by atoms with Crippen LogP contribution in [0.5, 0.6) is 0 Å². The normalized spacial score (nSPS) is 11.9. The standard InChI is InChI=1S/C11H12ClNO3/c1-7(14)13-10(6-11(15)16)8-4-2-3-5-9(8)12/h2-5,10H,6H2,1H3,(H,13,14)(H,15,16)/t10-/m1/s1. The summed E-state index contributed by atoms with van der Waals surface area (Å²) in [5.74, 6) is -1.27. The zero-order valence-electron chi connectivity index (χ0n) is 8.74. The minimum absolute atomic E-state index is 0.191. The third-order valence-electron chi connectivity index (χ3n) is 2.04. The minimum atomic E-state index is -0.987. The Kier molecular flexibility index (Phi) is 4.31. The molecule has 0 heterocycles. The van der Waals surface area contributed by atoms with Gasteiger partial charge in [0.15, 0.2) is 0 Å². The lowest BCUT2D eigenvalue weighted by atomic mass is 10.0. The molecular formula is C11H12ClNO3. The maximum atomic E-state index is 11.0. The van der Waals surface area contributed by atoms with Crippen LogP contribution in [0, 0.1) is 0 Å². The molecule has 16 heavy (non-hydrogen) atoms. The number of hydrogen-bond acceptors (Lipinski definition) is 2. The number of amides is 1. The summed E-state index contributed by atoms with van der Waals surface area (Å²) in [5, 5.41) is 11.8. The number of benzene rings is 1. The Balaban J connectivity index is 2.96. The fraction of sp³-hybridized carbons (Fsp3) is 0.273. The summed E-state index contributed by atoms with van der Waals surface area (Å²) in [7, 11) is 0. The van der Waals surface area contributed by atoms with E-state index >= 15 is 0 Å². The summed E-state index contributed by atoms with van der Waals surface area (Å²) in [6, 6.07) is 6.26. The Morgan fingerprint density at radius 1 is 1.44 bits per heavy atom. The first-order valence-corrected chi connectivity index (χ1v) is 5.12. The highest BCUT2D eigenvalue weighted by molar-refractivity contribution is 6.31. The van der Waals surface area contributed by atoms with Gasteiger partial charge in [0.25, 0.3) is 0 Å². The number of carboxylic acid groups (broad SMARTS) is 1. The topological polar surface area (TPSA) is 66.4 Å². The van der Waals surface area contributed by atoms with E-state index in [2.05, 4.69) is 5.32 Å². The SMILES string of the molecule is CC(=O)N[C@H](CC(=O)O)c1ccccc1Cl. The molecule has 0 aliphatic rings. The van der Waals surface area contributed by atoms with Gasteiger partial charge in [-0.15, -0.1) is 0 Å². The summed E-state index contributed by atoms with van der Waals surface area (Å²) in [6.45, 7) is 1.34. The lowest BCUT2D eigenvalue weighted by Gasteiger charge is -2.17. The number of hydrogen-bond donors (Lipinski definition) is 2. The summed E-state index contributed by atoms with van der Waals surface area (Å²) in [6.07, 6.45) is -0.191. The van der Waals surface area contributed by atoms with Crippen LogP contribution in [0.3, 0.4) is 0 Å². The third kappa shape index (κ3) is 3.55.